The molecule has 2 heterocycles. The second-order valence-corrected chi connectivity index (χ2v) is 5.85. The third-order valence-corrected chi connectivity index (χ3v) is 4.44. The molecule has 2 aromatic rings. The maximum Gasteiger partial charge on any atom is 0.289 e. The van der Waals surface area contributed by atoms with E-state index in [2.05, 4.69) is 0 Å². The van der Waals surface area contributed by atoms with Crippen LogP contribution in [0.4, 0.5) is 0 Å². The van der Waals surface area contributed by atoms with Gasteiger partial charge in [0.15, 0.2) is 5.76 Å². The van der Waals surface area contributed by atoms with E-state index in [4.69, 9.17) is 16.0 Å². The van der Waals surface area contributed by atoms with Crippen molar-refractivity contribution in [3.05, 3.63) is 35.6 Å². The summed E-state index contributed by atoms with van der Waals surface area (Å²) in [6.07, 6.45) is 1.96. The Labute approximate surface area is 123 Å². The van der Waals surface area contributed by atoms with Gasteiger partial charge < -0.3 is 9.32 Å². The van der Waals surface area contributed by atoms with E-state index in [1.165, 1.54) is 5.56 Å². The van der Waals surface area contributed by atoms with Gasteiger partial charge in [-0.1, -0.05) is 11.6 Å². The highest BCUT2D eigenvalue weighted by molar-refractivity contribution is 6.18. The Morgan fingerprint density at radius 2 is 2.10 bits per heavy atom. The number of benzene rings is 1. The largest absolute Gasteiger partial charge is 0.451 e. The lowest BCUT2D eigenvalue weighted by Gasteiger charge is -2.30. The van der Waals surface area contributed by atoms with Gasteiger partial charge in [-0.05, 0) is 43.9 Å². The number of rotatable bonds is 2. The van der Waals surface area contributed by atoms with Gasteiger partial charge in [0.2, 0.25) is 0 Å². The molecule has 0 unspecified atom stereocenters. The summed E-state index contributed by atoms with van der Waals surface area (Å²) in [5.41, 5.74) is 1.94. The molecule has 1 aromatic carbocycles. The predicted molar refractivity (Wildman–Crippen MR) is 80.3 cm³/mol. The number of piperidine rings is 1. The SMILES string of the molecule is Cc1ccc2oc(C(=O)N3CCC(CCl)CC3)cc2c1. The summed E-state index contributed by atoms with van der Waals surface area (Å²) in [4.78, 5) is 14.3. The topological polar surface area (TPSA) is 33.5 Å². The van der Waals surface area contributed by atoms with E-state index in [-0.39, 0.29) is 5.91 Å². The summed E-state index contributed by atoms with van der Waals surface area (Å²) in [6, 6.07) is 7.79. The number of likely N-dealkylation sites (tertiary alicyclic amines) is 1. The van der Waals surface area contributed by atoms with E-state index < -0.39 is 0 Å². The minimum absolute atomic E-state index is 0.00752. The summed E-state index contributed by atoms with van der Waals surface area (Å²) in [5, 5.41) is 0.990. The molecule has 0 saturated carbocycles. The van der Waals surface area contributed by atoms with E-state index >= 15 is 0 Å². The van der Waals surface area contributed by atoms with Crippen molar-refractivity contribution in [1.29, 1.82) is 0 Å². The molecule has 1 saturated heterocycles. The van der Waals surface area contributed by atoms with Crippen LogP contribution in [0, 0.1) is 12.8 Å². The standard InChI is InChI=1S/C16H18ClNO2/c1-11-2-3-14-13(8-11)9-15(20-14)16(19)18-6-4-12(10-17)5-7-18/h2-3,8-9,12H,4-7,10H2,1H3. The molecule has 1 amide bonds. The third kappa shape index (κ3) is 2.55. The zero-order valence-electron chi connectivity index (χ0n) is 11.6. The molecule has 0 radical (unpaired) electrons. The smallest absolute Gasteiger partial charge is 0.289 e. The minimum Gasteiger partial charge on any atom is -0.451 e. The van der Waals surface area contributed by atoms with Crippen LogP contribution in [0.3, 0.4) is 0 Å². The lowest BCUT2D eigenvalue weighted by atomic mass is 9.99. The van der Waals surface area contributed by atoms with Crippen LogP contribution in [0.2, 0.25) is 0 Å². The van der Waals surface area contributed by atoms with Crippen molar-refractivity contribution in [2.24, 2.45) is 5.92 Å². The van der Waals surface area contributed by atoms with Crippen LogP contribution < -0.4 is 0 Å². The number of nitrogens with zero attached hydrogens (tertiary/aromatic N) is 1. The van der Waals surface area contributed by atoms with E-state index in [1.807, 2.05) is 36.1 Å². The third-order valence-electron chi connectivity index (χ3n) is 4.00. The van der Waals surface area contributed by atoms with Crippen LogP contribution in [0.1, 0.15) is 29.0 Å². The van der Waals surface area contributed by atoms with Crippen molar-refractivity contribution in [3.8, 4) is 0 Å². The van der Waals surface area contributed by atoms with Crippen LogP contribution in [0.5, 0.6) is 0 Å². The first-order chi connectivity index (χ1) is 9.67. The van der Waals surface area contributed by atoms with E-state index in [0.717, 1.165) is 36.9 Å². The fraction of sp³-hybridized carbons (Fsp3) is 0.438. The van der Waals surface area contributed by atoms with Gasteiger partial charge in [0, 0.05) is 24.4 Å². The van der Waals surface area contributed by atoms with Crippen molar-refractivity contribution >= 4 is 28.5 Å². The summed E-state index contributed by atoms with van der Waals surface area (Å²) >= 11 is 5.87. The van der Waals surface area contributed by atoms with Crippen molar-refractivity contribution < 1.29 is 9.21 Å². The van der Waals surface area contributed by atoms with Crippen molar-refractivity contribution in [1.82, 2.24) is 4.90 Å². The summed E-state index contributed by atoms with van der Waals surface area (Å²) in [7, 11) is 0. The molecule has 1 aliphatic rings. The first-order valence-electron chi connectivity index (χ1n) is 7.03. The second-order valence-electron chi connectivity index (χ2n) is 5.54. The van der Waals surface area contributed by atoms with Crippen molar-refractivity contribution in [2.75, 3.05) is 19.0 Å². The van der Waals surface area contributed by atoms with Crippen molar-refractivity contribution in [3.63, 3.8) is 0 Å². The Balaban J connectivity index is 1.79. The molecule has 106 valence electrons. The molecule has 4 heteroatoms. The highest BCUT2D eigenvalue weighted by atomic mass is 35.5. The number of aryl methyl sites for hydroxylation is 1. The molecule has 20 heavy (non-hydrogen) atoms. The van der Waals surface area contributed by atoms with Gasteiger partial charge in [-0.3, -0.25) is 4.79 Å². The number of hydrogen-bond donors (Lipinski definition) is 0. The average Bonchev–Trinajstić information content (AvgIpc) is 2.89. The Morgan fingerprint density at radius 1 is 1.35 bits per heavy atom. The molecule has 3 rings (SSSR count). The number of amides is 1. The lowest BCUT2D eigenvalue weighted by Crippen LogP contribution is -2.38. The maximum absolute atomic E-state index is 12.4. The number of fused-ring (bicyclic) bond motifs is 1. The minimum atomic E-state index is -0.00752. The maximum atomic E-state index is 12.4. The molecule has 0 aliphatic carbocycles. The molecular weight excluding hydrogens is 274 g/mol. The van der Waals surface area contributed by atoms with Gasteiger partial charge in [-0.15, -0.1) is 11.6 Å². The molecule has 0 atom stereocenters. The summed E-state index contributed by atoms with van der Waals surface area (Å²) < 4.78 is 5.67. The number of halogens is 1. The van der Waals surface area contributed by atoms with Gasteiger partial charge in [-0.2, -0.15) is 0 Å². The van der Waals surface area contributed by atoms with Gasteiger partial charge >= 0.3 is 0 Å². The summed E-state index contributed by atoms with van der Waals surface area (Å²) in [6.45, 7) is 3.57. The number of alkyl halides is 1. The molecule has 0 N–H and O–H groups in total. The molecular formula is C16H18ClNO2. The Kier molecular flexibility index (Phi) is 3.70. The highest BCUT2D eigenvalue weighted by Gasteiger charge is 2.25. The first kappa shape index (κ1) is 13.5. The molecule has 0 bridgehead atoms. The number of furan rings is 1. The number of carbonyl (C=O) groups is 1. The first-order valence-corrected chi connectivity index (χ1v) is 7.56. The highest BCUT2D eigenvalue weighted by Crippen LogP contribution is 2.24. The number of carbonyl (C=O) groups excluding carboxylic acids is 1. The fourth-order valence-electron chi connectivity index (χ4n) is 2.71. The van der Waals surface area contributed by atoms with Crippen LogP contribution in [0.25, 0.3) is 11.0 Å². The van der Waals surface area contributed by atoms with E-state index in [9.17, 15) is 4.79 Å². The van der Waals surface area contributed by atoms with E-state index in [0.29, 0.717) is 17.6 Å². The molecule has 1 aromatic heterocycles. The zero-order valence-corrected chi connectivity index (χ0v) is 12.3. The molecule has 1 fully saturated rings. The van der Waals surface area contributed by atoms with Crippen LogP contribution in [-0.2, 0) is 0 Å². The molecule has 3 nitrogen and oxygen atoms in total. The predicted octanol–water partition coefficient (Wildman–Crippen LogP) is 3.83. The van der Waals surface area contributed by atoms with Gasteiger partial charge in [-0.25, -0.2) is 0 Å². The Bertz CT molecular complexity index is 626. The molecule has 1 aliphatic heterocycles. The number of hydrogen-bond acceptors (Lipinski definition) is 2. The molecule has 0 spiro atoms. The van der Waals surface area contributed by atoms with Gasteiger partial charge in [0.1, 0.15) is 5.58 Å². The van der Waals surface area contributed by atoms with Crippen molar-refractivity contribution in [2.45, 2.75) is 19.8 Å². The Morgan fingerprint density at radius 3 is 2.80 bits per heavy atom. The van der Waals surface area contributed by atoms with Crippen LogP contribution in [0.15, 0.2) is 28.7 Å². The normalized spacial score (nSPS) is 16.8. The van der Waals surface area contributed by atoms with Gasteiger partial charge in [0.25, 0.3) is 5.91 Å². The fourth-order valence-corrected chi connectivity index (χ4v) is 3.02. The lowest BCUT2D eigenvalue weighted by molar-refractivity contribution is 0.0668. The average molecular weight is 292 g/mol. The zero-order chi connectivity index (χ0) is 14.1. The quantitative estimate of drug-likeness (QED) is 0.788. The van der Waals surface area contributed by atoms with Crippen LogP contribution in [-0.4, -0.2) is 29.8 Å². The van der Waals surface area contributed by atoms with Crippen LogP contribution >= 0.6 is 11.6 Å². The van der Waals surface area contributed by atoms with E-state index in [1.54, 1.807) is 0 Å². The van der Waals surface area contributed by atoms with Gasteiger partial charge in [0.05, 0.1) is 0 Å². The monoisotopic (exact) mass is 291 g/mol. The summed E-state index contributed by atoms with van der Waals surface area (Å²) in [5.74, 6) is 1.66. The Hall–Kier alpha value is -1.48. The second kappa shape index (κ2) is 5.49.